The van der Waals surface area contributed by atoms with Gasteiger partial charge in [0.25, 0.3) is 0 Å². The van der Waals surface area contributed by atoms with Crippen molar-refractivity contribution in [2.24, 2.45) is 11.8 Å². The van der Waals surface area contributed by atoms with Gasteiger partial charge in [-0.05, 0) is 37.8 Å². The van der Waals surface area contributed by atoms with Crippen LogP contribution in [-0.4, -0.2) is 6.54 Å². The number of hydrogen-bond acceptors (Lipinski definition) is 1. The van der Waals surface area contributed by atoms with Gasteiger partial charge in [-0.1, -0.05) is 50.8 Å². The third kappa shape index (κ3) is 4.31. The zero-order valence-corrected chi connectivity index (χ0v) is 12.2. The molecule has 0 aliphatic heterocycles. The van der Waals surface area contributed by atoms with E-state index in [1.54, 1.807) is 6.07 Å². The highest BCUT2D eigenvalue weighted by atomic mass is 19.1. The van der Waals surface area contributed by atoms with Crippen molar-refractivity contribution in [1.82, 2.24) is 5.32 Å². The fourth-order valence-corrected chi connectivity index (χ4v) is 3.06. The molecule has 1 atom stereocenters. The summed E-state index contributed by atoms with van der Waals surface area (Å²) in [5.41, 5.74) is 0.778. The quantitative estimate of drug-likeness (QED) is 0.812. The monoisotopic (exact) mass is 263 g/mol. The van der Waals surface area contributed by atoms with Crippen LogP contribution >= 0.6 is 0 Å². The number of benzene rings is 1. The molecule has 0 aromatic heterocycles. The second-order valence-electron chi connectivity index (χ2n) is 6.11. The predicted octanol–water partition coefficient (Wildman–Crippen LogP) is 4.69. The summed E-state index contributed by atoms with van der Waals surface area (Å²) in [6.45, 7) is 5.39. The molecular weight excluding hydrogens is 237 g/mol. The van der Waals surface area contributed by atoms with Gasteiger partial charge in [-0.25, -0.2) is 4.39 Å². The highest BCUT2D eigenvalue weighted by Crippen LogP contribution is 2.30. The fraction of sp³-hybridized carbons (Fsp3) is 0.647. The summed E-state index contributed by atoms with van der Waals surface area (Å²) >= 11 is 0. The first-order chi connectivity index (χ1) is 9.16. The maximum Gasteiger partial charge on any atom is 0.127 e. The van der Waals surface area contributed by atoms with Crippen molar-refractivity contribution in [2.75, 3.05) is 6.54 Å². The predicted molar refractivity (Wildman–Crippen MR) is 78.6 cm³/mol. The Morgan fingerprint density at radius 1 is 1.21 bits per heavy atom. The largest absolute Gasteiger partial charge is 0.310 e. The molecule has 1 aromatic rings. The van der Waals surface area contributed by atoms with Crippen LogP contribution in [-0.2, 0) is 0 Å². The molecule has 0 amide bonds. The van der Waals surface area contributed by atoms with Gasteiger partial charge < -0.3 is 5.32 Å². The lowest BCUT2D eigenvalue weighted by Crippen LogP contribution is -2.24. The Bertz CT molecular complexity index is 383. The molecule has 2 heteroatoms. The van der Waals surface area contributed by atoms with E-state index in [0.29, 0.717) is 0 Å². The second-order valence-corrected chi connectivity index (χ2v) is 6.11. The maximum atomic E-state index is 13.6. The van der Waals surface area contributed by atoms with Crippen LogP contribution in [0.2, 0.25) is 0 Å². The summed E-state index contributed by atoms with van der Waals surface area (Å²) in [5.74, 6) is 1.69. The molecule has 106 valence electrons. The van der Waals surface area contributed by atoms with E-state index in [1.807, 2.05) is 19.1 Å². The van der Waals surface area contributed by atoms with Crippen molar-refractivity contribution in [3.05, 3.63) is 35.6 Å². The number of hydrogen-bond donors (Lipinski definition) is 1. The molecule has 1 fully saturated rings. The summed E-state index contributed by atoms with van der Waals surface area (Å²) in [6, 6.07) is 7.16. The van der Waals surface area contributed by atoms with E-state index in [1.165, 1.54) is 38.2 Å². The van der Waals surface area contributed by atoms with Crippen molar-refractivity contribution in [1.29, 1.82) is 0 Å². The minimum Gasteiger partial charge on any atom is -0.310 e. The van der Waals surface area contributed by atoms with Crippen molar-refractivity contribution in [2.45, 2.75) is 52.0 Å². The fourth-order valence-electron chi connectivity index (χ4n) is 3.06. The molecule has 1 aliphatic rings. The molecule has 1 saturated carbocycles. The molecule has 1 aromatic carbocycles. The standard InChI is InChI=1S/C17H26FN/c1-13-7-9-15(10-8-13)11-12-19-14(2)16-5-3-4-6-17(16)18/h3-6,13-15,19H,7-12H2,1-2H3. The molecule has 2 rings (SSSR count). The smallest absolute Gasteiger partial charge is 0.127 e. The molecule has 0 bridgehead atoms. The molecule has 0 heterocycles. The first-order valence-corrected chi connectivity index (χ1v) is 7.64. The van der Waals surface area contributed by atoms with E-state index in [0.717, 1.165) is 23.9 Å². The van der Waals surface area contributed by atoms with Gasteiger partial charge in [-0.2, -0.15) is 0 Å². The van der Waals surface area contributed by atoms with E-state index in [-0.39, 0.29) is 11.9 Å². The minimum absolute atomic E-state index is 0.101. The van der Waals surface area contributed by atoms with Crippen LogP contribution in [0.5, 0.6) is 0 Å². The summed E-state index contributed by atoms with van der Waals surface area (Å²) in [7, 11) is 0. The van der Waals surface area contributed by atoms with Crippen LogP contribution in [0.1, 0.15) is 57.6 Å². The van der Waals surface area contributed by atoms with Gasteiger partial charge in [0.05, 0.1) is 0 Å². The third-order valence-corrected chi connectivity index (χ3v) is 4.51. The van der Waals surface area contributed by atoms with Crippen LogP contribution in [0.4, 0.5) is 4.39 Å². The summed E-state index contributed by atoms with van der Waals surface area (Å²) in [4.78, 5) is 0. The topological polar surface area (TPSA) is 12.0 Å². The average molecular weight is 263 g/mol. The highest BCUT2D eigenvalue weighted by molar-refractivity contribution is 5.20. The Morgan fingerprint density at radius 3 is 2.58 bits per heavy atom. The third-order valence-electron chi connectivity index (χ3n) is 4.51. The van der Waals surface area contributed by atoms with Gasteiger partial charge in [0.1, 0.15) is 5.82 Å². The first kappa shape index (κ1) is 14.5. The van der Waals surface area contributed by atoms with Gasteiger partial charge in [-0.15, -0.1) is 0 Å². The van der Waals surface area contributed by atoms with Gasteiger partial charge in [0, 0.05) is 11.6 Å². The molecule has 1 aliphatic carbocycles. The lowest BCUT2D eigenvalue weighted by molar-refractivity contribution is 0.273. The molecule has 19 heavy (non-hydrogen) atoms. The maximum absolute atomic E-state index is 13.6. The average Bonchev–Trinajstić information content (AvgIpc) is 2.41. The molecule has 1 N–H and O–H groups in total. The Kier molecular flexibility index (Phi) is 5.38. The molecule has 1 unspecified atom stereocenters. The molecular formula is C17H26FN. The second kappa shape index (κ2) is 7.04. The molecule has 0 radical (unpaired) electrons. The highest BCUT2D eigenvalue weighted by Gasteiger charge is 2.18. The first-order valence-electron chi connectivity index (χ1n) is 7.64. The lowest BCUT2D eigenvalue weighted by atomic mass is 9.81. The van der Waals surface area contributed by atoms with Gasteiger partial charge in [-0.3, -0.25) is 0 Å². The van der Waals surface area contributed by atoms with Crippen LogP contribution in [0.15, 0.2) is 24.3 Å². The van der Waals surface area contributed by atoms with E-state index in [4.69, 9.17) is 0 Å². The number of halogens is 1. The Balaban J connectivity index is 1.72. The Hall–Kier alpha value is -0.890. The van der Waals surface area contributed by atoms with E-state index < -0.39 is 0 Å². The van der Waals surface area contributed by atoms with E-state index >= 15 is 0 Å². The van der Waals surface area contributed by atoms with Crippen molar-refractivity contribution >= 4 is 0 Å². The molecule has 0 spiro atoms. The van der Waals surface area contributed by atoms with Crippen LogP contribution < -0.4 is 5.32 Å². The van der Waals surface area contributed by atoms with E-state index in [2.05, 4.69) is 12.2 Å². The van der Waals surface area contributed by atoms with Crippen molar-refractivity contribution in [3.8, 4) is 0 Å². The van der Waals surface area contributed by atoms with Gasteiger partial charge in [0.2, 0.25) is 0 Å². The number of nitrogens with one attached hydrogen (secondary N) is 1. The Labute approximate surface area is 116 Å². The van der Waals surface area contributed by atoms with E-state index in [9.17, 15) is 4.39 Å². The molecule has 0 saturated heterocycles. The molecule has 1 nitrogen and oxygen atoms in total. The summed E-state index contributed by atoms with van der Waals surface area (Å²) in [6.07, 6.45) is 6.74. The zero-order chi connectivity index (χ0) is 13.7. The zero-order valence-electron chi connectivity index (χ0n) is 12.2. The van der Waals surface area contributed by atoms with Crippen LogP contribution in [0.25, 0.3) is 0 Å². The lowest BCUT2D eigenvalue weighted by Gasteiger charge is -2.26. The normalized spacial score (nSPS) is 25.2. The van der Waals surface area contributed by atoms with Crippen molar-refractivity contribution < 1.29 is 4.39 Å². The van der Waals surface area contributed by atoms with Gasteiger partial charge >= 0.3 is 0 Å². The SMILES string of the molecule is CC1CCC(CCNC(C)c2ccccc2F)CC1. The summed E-state index contributed by atoms with van der Waals surface area (Å²) in [5, 5.41) is 3.46. The van der Waals surface area contributed by atoms with Crippen LogP contribution in [0.3, 0.4) is 0 Å². The minimum atomic E-state index is -0.103. The van der Waals surface area contributed by atoms with Crippen LogP contribution in [0, 0.1) is 17.7 Å². The number of rotatable bonds is 5. The Morgan fingerprint density at radius 2 is 1.89 bits per heavy atom. The van der Waals surface area contributed by atoms with Crippen molar-refractivity contribution in [3.63, 3.8) is 0 Å². The van der Waals surface area contributed by atoms with Gasteiger partial charge in [0.15, 0.2) is 0 Å². The summed E-state index contributed by atoms with van der Waals surface area (Å²) < 4.78 is 13.6.